The summed E-state index contributed by atoms with van der Waals surface area (Å²) >= 11 is 0. The van der Waals surface area contributed by atoms with E-state index in [0.717, 1.165) is 18.5 Å². The molecular formula is C14H18N4O. The van der Waals surface area contributed by atoms with Crippen LogP contribution in [0.4, 0.5) is 5.69 Å². The van der Waals surface area contributed by atoms with Crippen LogP contribution in [0.3, 0.4) is 0 Å². The van der Waals surface area contributed by atoms with E-state index in [9.17, 15) is 0 Å². The fourth-order valence-corrected chi connectivity index (χ4v) is 1.82. The first-order valence-corrected chi connectivity index (χ1v) is 6.15. The molecule has 5 heteroatoms. The van der Waals surface area contributed by atoms with Gasteiger partial charge < -0.3 is 15.8 Å². The third-order valence-corrected chi connectivity index (χ3v) is 2.76. The van der Waals surface area contributed by atoms with Crippen LogP contribution in [0.2, 0.25) is 0 Å². The number of anilines is 1. The quantitative estimate of drug-likeness (QED) is 0.774. The molecule has 1 atom stereocenters. The van der Waals surface area contributed by atoms with Crippen molar-refractivity contribution in [3.8, 4) is 12.1 Å². The van der Waals surface area contributed by atoms with Gasteiger partial charge in [0.15, 0.2) is 0 Å². The van der Waals surface area contributed by atoms with Gasteiger partial charge in [-0.2, -0.15) is 10.5 Å². The van der Waals surface area contributed by atoms with E-state index in [2.05, 4.69) is 5.32 Å². The van der Waals surface area contributed by atoms with Gasteiger partial charge in [0.1, 0.15) is 12.1 Å². The molecule has 0 aliphatic heterocycles. The van der Waals surface area contributed by atoms with Crippen molar-refractivity contribution in [2.24, 2.45) is 5.73 Å². The van der Waals surface area contributed by atoms with Crippen molar-refractivity contribution in [1.82, 2.24) is 0 Å². The third kappa shape index (κ3) is 4.59. The van der Waals surface area contributed by atoms with Crippen LogP contribution in [-0.2, 0) is 4.74 Å². The maximum Gasteiger partial charge on any atom is 0.101 e. The van der Waals surface area contributed by atoms with Crippen LogP contribution in [0.15, 0.2) is 18.2 Å². The second-order valence-corrected chi connectivity index (χ2v) is 4.21. The summed E-state index contributed by atoms with van der Waals surface area (Å²) in [4.78, 5) is 0. The zero-order chi connectivity index (χ0) is 14.1. The Bertz CT molecular complexity index is 487. The normalized spacial score (nSPS) is 11.4. The van der Waals surface area contributed by atoms with Crippen LogP contribution < -0.4 is 11.1 Å². The summed E-state index contributed by atoms with van der Waals surface area (Å²) in [6, 6.07) is 9.29. The van der Waals surface area contributed by atoms with Gasteiger partial charge in [-0.15, -0.1) is 0 Å². The molecule has 0 aliphatic rings. The third-order valence-electron chi connectivity index (χ3n) is 2.76. The zero-order valence-corrected chi connectivity index (χ0v) is 11.0. The summed E-state index contributed by atoms with van der Waals surface area (Å²) < 4.78 is 5.15. The topological polar surface area (TPSA) is 94.9 Å². The summed E-state index contributed by atoms with van der Waals surface area (Å²) in [7, 11) is 1.65. The van der Waals surface area contributed by atoms with Crippen molar-refractivity contribution in [2.75, 3.05) is 25.6 Å². The maximum absolute atomic E-state index is 8.98. The molecule has 0 radical (unpaired) electrons. The van der Waals surface area contributed by atoms with Gasteiger partial charge in [0.25, 0.3) is 0 Å². The second-order valence-electron chi connectivity index (χ2n) is 4.21. The van der Waals surface area contributed by atoms with E-state index in [1.807, 2.05) is 12.1 Å². The molecule has 1 aromatic carbocycles. The highest BCUT2D eigenvalue weighted by atomic mass is 16.5. The Morgan fingerprint density at radius 2 is 2.05 bits per heavy atom. The Labute approximate surface area is 113 Å². The number of nitriles is 2. The SMILES string of the molecule is COCC(CCCN)Nc1ccc(C#N)c(C#N)c1. The summed E-state index contributed by atoms with van der Waals surface area (Å²) in [5.74, 6) is 0. The molecule has 1 rings (SSSR count). The van der Waals surface area contributed by atoms with Gasteiger partial charge in [0.2, 0.25) is 0 Å². The molecule has 5 nitrogen and oxygen atoms in total. The molecule has 0 aliphatic carbocycles. The first-order valence-electron chi connectivity index (χ1n) is 6.15. The molecule has 0 saturated carbocycles. The van der Waals surface area contributed by atoms with E-state index in [4.69, 9.17) is 21.0 Å². The minimum absolute atomic E-state index is 0.146. The molecular weight excluding hydrogens is 240 g/mol. The molecule has 0 saturated heterocycles. The Morgan fingerprint density at radius 3 is 2.63 bits per heavy atom. The average molecular weight is 258 g/mol. The predicted octanol–water partition coefficient (Wildman–Crippen LogP) is 1.60. The van der Waals surface area contributed by atoms with Crippen LogP contribution in [0.1, 0.15) is 24.0 Å². The number of ether oxygens (including phenoxy) is 1. The molecule has 3 N–H and O–H groups in total. The fourth-order valence-electron chi connectivity index (χ4n) is 1.82. The van der Waals surface area contributed by atoms with Crippen molar-refractivity contribution in [3.63, 3.8) is 0 Å². The lowest BCUT2D eigenvalue weighted by atomic mass is 10.1. The first-order chi connectivity index (χ1) is 9.24. The highest BCUT2D eigenvalue weighted by Gasteiger charge is 2.09. The van der Waals surface area contributed by atoms with Crippen molar-refractivity contribution >= 4 is 5.69 Å². The Kier molecular flexibility index (Phi) is 6.38. The van der Waals surface area contributed by atoms with Crippen LogP contribution in [0.5, 0.6) is 0 Å². The van der Waals surface area contributed by atoms with Gasteiger partial charge in [-0.1, -0.05) is 0 Å². The summed E-state index contributed by atoms with van der Waals surface area (Å²) in [5.41, 5.74) is 7.08. The molecule has 1 aromatic rings. The number of hydrogen-bond donors (Lipinski definition) is 2. The van der Waals surface area contributed by atoms with E-state index in [-0.39, 0.29) is 6.04 Å². The molecule has 0 fully saturated rings. The Balaban J connectivity index is 2.79. The zero-order valence-electron chi connectivity index (χ0n) is 11.0. The minimum Gasteiger partial charge on any atom is -0.383 e. The van der Waals surface area contributed by atoms with Crippen LogP contribution in [0.25, 0.3) is 0 Å². The van der Waals surface area contributed by atoms with E-state index in [0.29, 0.717) is 24.3 Å². The summed E-state index contributed by atoms with van der Waals surface area (Å²) in [6.07, 6.45) is 1.80. The Morgan fingerprint density at radius 1 is 1.32 bits per heavy atom. The minimum atomic E-state index is 0.146. The number of benzene rings is 1. The highest BCUT2D eigenvalue weighted by molar-refractivity contribution is 5.56. The van der Waals surface area contributed by atoms with Gasteiger partial charge in [0, 0.05) is 18.8 Å². The van der Waals surface area contributed by atoms with Gasteiger partial charge in [0.05, 0.1) is 17.7 Å². The standard InChI is InChI=1S/C14H18N4O/c1-19-10-14(3-2-6-15)18-13-5-4-11(8-16)12(7-13)9-17/h4-5,7,14,18H,2-3,6,10,15H2,1H3. The average Bonchev–Trinajstić information content (AvgIpc) is 2.44. The van der Waals surface area contributed by atoms with Crippen molar-refractivity contribution in [1.29, 1.82) is 10.5 Å². The number of rotatable bonds is 7. The maximum atomic E-state index is 8.98. The lowest BCUT2D eigenvalue weighted by Crippen LogP contribution is -2.25. The lowest BCUT2D eigenvalue weighted by Gasteiger charge is -2.19. The van der Waals surface area contributed by atoms with Crippen molar-refractivity contribution in [3.05, 3.63) is 29.3 Å². The van der Waals surface area contributed by atoms with Crippen LogP contribution >= 0.6 is 0 Å². The number of hydrogen-bond acceptors (Lipinski definition) is 5. The van der Waals surface area contributed by atoms with Crippen molar-refractivity contribution in [2.45, 2.75) is 18.9 Å². The highest BCUT2D eigenvalue weighted by Crippen LogP contribution is 2.16. The number of methoxy groups -OCH3 is 1. The molecule has 0 heterocycles. The number of nitrogens with two attached hydrogens (primary N) is 1. The van der Waals surface area contributed by atoms with Gasteiger partial charge >= 0.3 is 0 Å². The van der Waals surface area contributed by atoms with Crippen LogP contribution in [-0.4, -0.2) is 26.3 Å². The van der Waals surface area contributed by atoms with Crippen LogP contribution in [0, 0.1) is 22.7 Å². The molecule has 0 spiro atoms. The van der Waals surface area contributed by atoms with Gasteiger partial charge in [-0.3, -0.25) is 0 Å². The molecule has 19 heavy (non-hydrogen) atoms. The van der Waals surface area contributed by atoms with E-state index in [1.165, 1.54) is 0 Å². The molecule has 0 aromatic heterocycles. The molecule has 1 unspecified atom stereocenters. The first kappa shape index (κ1) is 15.0. The lowest BCUT2D eigenvalue weighted by molar-refractivity contribution is 0.182. The smallest absolute Gasteiger partial charge is 0.101 e. The van der Waals surface area contributed by atoms with E-state index >= 15 is 0 Å². The van der Waals surface area contributed by atoms with E-state index in [1.54, 1.807) is 25.3 Å². The fraction of sp³-hybridized carbons (Fsp3) is 0.429. The van der Waals surface area contributed by atoms with Gasteiger partial charge in [-0.25, -0.2) is 0 Å². The largest absolute Gasteiger partial charge is 0.383 e. The molecule has 100 valence electrons. The molecule has 0 amide bonds. The molecule has 0 bridgehead atoms. The van der Waals surface area contributed by atoms with Gasteiger partial charge in [-0.05, 0) is 37.6 Å². The number of nitrogens with one attached hydrogen (secondary N) is 1. The summed E-state index contributed by atoms with van der Waals surface area (Å²) in [6.45, 7) is 1.21. The second kappa shape index (κ2) is 8.10. The predicted molar refractivity (Wildman–Crippen MR) is 73.4 cm³/mol. The Hall–Kier alpha value is -2.08. The summed E-state index contributed by atoms with van der Waals surface area (Å²) in [5, 5.41) is 21.1. The monoisotopic (exact) mass is 258 g/mol. The number of nitrogens with zero attached hydrogens (tertiary/aromatic N) is 2. The van der Waals surface area contributed by atoms with Crippen molar-refractivity contribution < 1.29 is 4.74 Å². The van der Waals surface area contributed by atoms with E-state index < -0.39 is 0 Å².